The van der Waals surface area contributed by atoms with E-state index in [4.69, 9.17) is 5.73 Å². The summed E-state index contributed by atoms with van der Waals surface area (Å²) < 4.78 is 0. The molecule has 0 unspecified atom stereocenters. The van der Waals surface area contributed by atoms with Gasteiger partial charge in [0.2, 0.25) is 0 Å². The van der Waals surface area contributed by atoms with E-state index in [-0.39, 0.29) is 6.04 Å². The lowest BCUT2D eigenvalue weighted by molar-refractivity contribution is 0.917. The number of hydrogen-bond donors (Lipinski definition) is 1. The van der Waals surface area contributed by atoms with E-state index in [1.807, 2.05) is 6.07 Å². The predicted octanol–water partition coefficient (Wildman–Crippen LogP) is 3.17. The molecule has 2 aromatic heterocycles. The summed E-state index contributed by atoms with van der Waals surface area (Å²) in [6, 6.07) is 8.43. The van der Waals surface area contributed by atoms with Gasteiger partial charge in [0.15, 0.2) is 0 Å². The zero-order valence-electron chi connectivity index (χ0n) is 7.36. The highest BCUT2D eigenvalue weighted by Crippen LogP contribution is 2.28. The van der Waals surface area contributed by atoms with Gasteiger partial charge in [0.05, 0.1) is 6.04 Å². The Morgan fingerprint density at radius 1 is 1.23 bits per heavy atom. The van der Waals surface area contributed by atoms with E-state index in [2.05, 4.69) is 30.5 Å². The average Bonchev–Trinajstić information content (AvgIpc) is 2.72. The quantitative estimate of drug-likeness (QED) is 0.807. The lowest BCUT2D eigenvalue weighted by Crippen LogP contribution is -2.07. The zero-order chi connectivity index (χ0) is 9.26. The van der Waals surface area contributed by atoms with Crippen LogP contribution >= 0.6 is 22.7 Å². The molecule has 2 rings (SSSR count). The first-order valence-corrected chi connectivity index (χ1v) is 5.82. The van der Waals surface area contributed by atoms with Gasteiger partial charge in [-0.05, 0) is 30.5 Å². The summed E-state index contributed by atoms with van der Waals surface area (Å²) in [6.45, 7) is 2.11. The second kappa shape index (κ2) is 3.62. The first-order chi connectivity index (χ1) is 6.27. The fourth-order valence-electron chi connectivity index (χ4n) is 1.23. The summed E-state index contributed by atoms with van der Waals surface area (Å²) in [5.41, 5.74) is 6.09. The van der Waals surface area contributed by atoms with Crippen molar-refractivity contribution in [2.75, 3.05) is 0 Å². The summed E-state index contributed by atoms with van der Waals surface area (Å²) in [4.78, 5) is 3.81. The Kier molecular flexibility index (Phi) is 2.49. The standard InChI is InChI=1S/C10H11NS2/c1-7-4-5-9(13-7)10(11)8-3-2-6-12-8/h2-6,10H,11H2,1H3/t10-/m1/s1. The molecule has 2 N–H and O–H groups in total. The van der Waals surface area contributed by atoms with Crippen molar-refractivity contribution in [3.05, 3.63) is 44.3 Å². The van der Waals surface area contributed by atoms with Gasteiger partial charge in [-0.2, -0.15) is 0 Å². The Bertz CT molecular complexity index is 375. The molecular formula is C10H11NS2. The molecule has 0 saturated heterocycles. The first-order valence-electron chi connectivity index (χ1n) is 4.12. The number of nitrogens with two attached hydrogens (primary N) is 1. The van der Waals surface area contributed by atoms with Crippen molar-refractivity contribution in [1.82, 2.24) is 0 Å². The van der Waals surface area contributed by atoms with Crippen molar-refractivity contribution >= 4 is 22.7 Å². The molecule has 0 aliphatic heterocycles. The molecule has 2 heterocycles. The van der Waals surface area contributed by atoms with E-state index in [1.54, 1.807) is 22.7 Å². The molecule has 0 aliphatic rings. The third-order valence-electron chi connectivity index (χ3n) is 1.92. The largest absolute Gasteiger partial charge is 0.319 e. The van der Waals surface area contributed by atoms with Gasteiger partial charge in [0, 0.05) is 14.6 Å². The molecule has 0 bridgehead atoms. The molecule has 0 amide bonds. The summed E-state index contributed by atoms with van der Waals surface area (Å²) in [7, 11) is 0. The zero-order valence-corrected chi connectivity index (χ0v) is 8.99. The number of aryl methyl sites for hydroxylation is 1. The van der Waals surface area contributed by atoms with Crippen molar-refractivity contribution in [1.29, 1.82) is 0 Å². The second-order valence-electron chi connectivity index (χ2n) is 2.94. The van der Waals surface area contributed by atoms with Crippen LogP contribution in [0.3, 0.4) is 0 Å². The molecule has 0 saturated carbocycles. The van der Waals surface area contributed by atoms with Gasteiger partial charge < -0.3 is 5.73 Å². The summed E-state index contributed by atoms with van der Waals surface area (Å²) in [5.74, 6) is 0. The highest BCUT2D eigenvalue weighted by atomic mass is 32.1. The third kappa shape index (κ3) is 1.82. The molecule has 3 heteroatoms. The van der Waals surface area contributed by atoms with Crippen LogP contribution in [0.25, 0.3) is 0 Å². The lowest BCUT2D eigenvalue weighted by atomic mass is 10.2. The van der Waals surface area contributed by atoms with E-state index in [9.17, 15) is 0 Å². The van der Waals surface area contributed by atoms with Crippen LogP contribution in [0.5, 0.6) is 0 Å². The van der Waals surface area contributed by atoms with Gasteiger partial charge in [0.25, 0.3) is 0 Å². The Morgan fingerprint density at radius 2 is 2.08 bits per heavy atom. The van der Waals surface area contributed by atoms with Gasteiger partial charge in [-0.3, -0.25) is 0 Å². The maximum absolute atomic E-state index is 6.09. The third-order valence-corrected chi connectivity index (χ3v) is 3.96. The molecule has 13 heavy (non-hydrogen) atoms. The minimum Gasteiger partial charge on any atom is -0.319 e. The molecule has 0 spiro atoms. The molecule has 2 aromatic rings. The Labute approximate surface area is 85.8 Å². The fourth-order valence-corrected chi connectivity index (χ4v) is 2.95. The second-order valence-corrected chi connectivity index (χ2v) is 5.24. The van der Waals surface area contributed by atoms with E-state index in [0.717, 1.165) is 0 Å². The van der Waals surface area contributed by atoms with Gasteiger partial charge in [0.1, 0.15) is 0 Å². The molecule has 0 aromatic carbocycles. The van der Waals surface area contributed by atoms with Crippen molar-refractivity contribution in [3.63, 3.8) is 0 Å². The van der Waals surface area contributed by atoms with Crippen LogP contribution in [-0.4, -0.2) is 0 Å². The van der Waals surface area contributed by atoms with Crippen molar-refractivity contribution in [2.45, 2.75) is 13.0 Å². The van der Waals surface area contributed by atoms with Gasteiger partial charge in [-0.1, -0.05) is 6.07 Å². The highest BCUT2D eigenvalue weighted by Gasteiger charge is 2.10. The minimum absolute atomic E-state index is 0.0682. The smallest absolute Gasteiger partial charge is 0.0740 e. The topological polar surface area (TPSA) is 26.0 Å². The number of thiophene rings is 2. The van der Waals surface area contributed by atoms with Gasteiger partial charge in [-0.15, -0.1) is 22.7 Å². The van der Waals surface area contributed by atoms with E-state index < -0.39 is 0 Å². The Balaban J connectivity index is 2.28. The van der Waals surface area contributed by atoms with Crippen LogP contribution in [0, 0.1) is 6.92 Å². The average molecular weight is 209 g/mol. The van der Waals surface area contributed by atoms with E-state index in [0.29, 0.717) is 0 Å². The maximum Gasteiger partial charge on any atom is 0.0740 e. The van der Waals surface area contributed by atoms with Crippen molar-refractivity contribution in [3.8, 4) is 0 Å². The van der Waals surface area contributed by atoms with Gasteiger partial charge in [-0.25, -0.2) is 0 Å². The number of hydrogen-bond acceptors (Lipinski definition) is 3. The van der Waals surface area contributed by atoms with Crippen LogP contribution in [0.1, 0.15) is 20.7 Å². The van der Waals surface area contributed by atoms with Crippen molar-refractivity contribution in [2.24, 2.45) is 5.73 Å². The normalized spacial score (nSPS) is 13.1. The maximum atomic E-state index is 6.09. The van der Waals surface area contributed by atoms with Crippen LogP contribution in [0.4, 0.5) is 0 Å². The van der Waals surface area contributed by atoms with Crippen molar-refractivity contribution < 1.29 is 0 Å². The molecule has 0 aliphatic carbocycles. The Hall–Kier alpha value is -0.640. The SMILES string of the molecule is Cc1ccc([C@H](N)c2cccs2)s1. The summed E-state index contributed by atoms with van der Waals surface area (Å²) >= 11 is 3.49. The van der Waals surface area contributed by atoms with Crippen LogP contribution in [-0.2, 0) is 0 Å². The minimum atomic E-state index is 0.0682. The van der Waals surface area contributed by atoms with Crippen LogP contribution in [0.15, 0.2) is 29.6 Å². The molecule has 1 nitrogen and oxygen atoms in total. The van der Waals surface area contributed by atoms with Gasteiger partial charge >= 0.3 is 0 Å². The number of rotatable bonds is 2. The molecule has 0 fully saturated rings. The monoisotopic (exact) mass is 209 g/mol. The predicted molar refractivity (Wildman–Crippen MR) is 59.4 cm³/mol. The van der Waals surface area contributed by atoms with E-state index in [1.165, 1.54) is 14.6 Å². The fraction of sp³-hybridized carbons (Fsp3) is 0.200. The molecule has 1 atom stereocenters. The molecular weight excluding hydrogens is 198 g/mol. The summed E-state index contributed by atoms with van der Waals surface area (Å²) in [5, 5.41) is 2.07. The summed E-state index contributed by atoms with van der Waals surface area (Å²) in [6.07, 6.45) is 0. The van der Waals surface area contributed by atoms with Crippen LogP contribution in [0.2, 0.25) is 0 Å². The lowest BCUT2D eigenvalue weighted by Gasteiger charge is -2.05. The Morgan fingerprint density at radius 3 is 2.62 bits per heavy atom. The highest BCUT2D eigenvalue weighted by molar-refractivity contribution is 7.12. The van der Waals surface area contributed by atoms with Crippen LogP contribution < -0.4 is 5.73 Å². The first kappa shape index (κ1) is 8.94. The molecule has 68 valence electrons. The van der Waals surface area contributed by atoms with E-state index >= 15 is 0 Å². The molecule has 0 radical (unpaired) electrons.